The van der Waals surface area contributed by atoms with Gasteiger partial charge in [-0.05, 0) is 35.9 Å². The Bertz CT molecular complexity index is 573. The number of anilines is 1. The summed E-state index contributed by atoms with van der Waals surface area (Å²) in [5.74, 6) is -1.26. The highest BCUT2D eigenvalue weighted by atomic mass is 35.5. The van der Waals surface area contributed by atoms with Crippen molar-refractivity contribution in [2.75, 3.05) is 5.32 Å². The van der Waals surface area contributed by atoms with Crippen LogP contribution in [0.1, 0.15) is 5.56 Å². The molecule has 0 atom stereocenters. The third kappa shape index (κ3) is 3.12. The van der Waals surface area contributed by atoms with Crippen LogP contribution >= 0.6 is 23.2 Å². The number of hydrogen-bond donors (Lipinski definition) is 1. The largest absolute Gasteiger partial charge is 0.379 e. The van der Waals surface area contributed by atoms with Crippen LogP contribution in [-0.4, -0.2) is 0 Å². The van der Waals surface area contributed by atoms with Crippen molar-refractivity contribution < 1.29 is 8.78 Å². The molecule has 0 aromatic heterocycles. The van der Waals surface area contributed by atoms with Gasteiger partial charge in [-0.25, -0.2) is 8.78 Å². The Labute approximate surface area is 113 Å². The van der Waals surface area contributed by atoms with Gasteiger partial charge in [-0.2, -0.15) is 0 Å². The molecule has 0 bridgehead atoms. The molecule has 1 N–H and O–H groups in total. The van der Waals surface area contributed by atoms with Crippen LogP contribution in [0.2, 0.25) is 10.0 Å². The number of halogens is 4. The summed E-state index contributed by atoms with van der Waals surface area (Å²) in [6.45, 7) is 0.307. The highest BCUT2D eigenvalue weighted by molar-refractivity contribution is 6.33. The normalized spacial score (nSPS) is 10.4. The number of benzene rings is 2. The summed E-state index contributed by atoms with van der Waals surface area (Å²) in [5, 5.41) is 3.93. The maximum absolute atomic E-state index is 13.4. The maximum Gasteiger partial charge on any atom is 0.149 e. The fraction of sp³-hybridized carbons (Fsp3) is 0.0769. The van der Waals surface area contributed by atoms with Crippen molar-refractivity contribution in [1.29, 1.82) is 0 Å². The first kappa shape index (κ1) is 13.1. The summed E-state index contributed by atoms with van der Waals surface area (Å²) >= 11 is 11.8. The quantitative estimate of drug-likeness (QED) is 0.848. The van der Waals surface area contributed by atoms with E-state index in [4.69, 9.17) is 23.2 Å². The van der Waals surface area contributed by atoms with Crippen LogP contribution in [0.5, 0.6) is 0 Å². The Morgan fingerprint density at radius 3 is 2.50 bits per heavy atom. The van der Waals surface area contributed by atoms with Crippen LogP contribution in [0.4, 0.5) is 14.5 Å². The Morgan fingerprint density at radius 1 is 1.00 bits per heavy atom. The zero-order valence-corrected chi connectivity index (χ0v) is 10.7. The molecule has 0 radical (unpaired) electrons. The molecule has 0 spiro atoms. The molecule has 1 nitrogen and oxygen atoms in total. The van der Waals surface area contributed by atoms with Crippen LogP contribution in [0.15, 0.2) is 36.4 Å². The van der Waals surface area contributed by atoms with E-state index < -0.39 is 11.6 Å². The summed E-state index contributed by atoms with van der Waals surface area (Å²) in [4.78, 5) is 0. The van der Waals surface area contributed by atoms with Crippen molar-refractivity contribution >= 4 is 28.9 Å². The fourth-order valence-corrected chi connectivity index (χ4v) is 1.88. The van der Waals surface area contributed by atoms with Gasteiger partial charge in [0.1, 0.15) is 11.6 Å². The van der Waals surface area contributed by atoms with E-state index in [2.05, 4.69) is 5.32 Å². The second-order valence-electron chi connectivity index (χ2n) is 3.71. The Balaban J connectivity index is 2.13. The highest BCUT2D eigenvalue weighted by Gasteiger charge is 2.05. The minimum Gasteiger partial charge on any atom is -0.379 e. The van der Waals surface area contributed by atoms with Crippen molar-refractivity contribution in [3.8, 4) is 0 Å². The summed E-state index contributed by atoms with van der Waals surface area (Å²) in [7, 11) is 0. The summed E-state index contributed by atoms with van der Waals surface area (Å²) in [5.41, 5.74) is 0.959. The Kier molecular flexibility index (Phi) is 4.04. The van der Waals surface area contributed by atoms with E-state index in [1.807, 2.05) is 0 Å². The Morgan fingerprint density at radius 2 is 1.78 bits per heavy atom. The van der Waals surface area contributed by atoms with Crippen LogP contribution in [0.25, 0.3) is 0 Å². The average molecular weight is 288 g/mol. The first-order valence-electron chi connectivity index (χ1n) is 5.19. The monoisotopic (exact) mass is 287 g/mol. The summed E-state index contributed by atoms with van der Waals surface area (Å²) < 4.78 is 26.1. The zero-order chi connectivity index (χ0) is 13.1. The molecule has 0 saturated carbocycles. The van der Waals surface area contributed by atoms with E-state index in [1.54, 1.807) is 18.2 Å². The van der Waals surface area contributed by atoms with E-state index in [0.29, 0.717) is 16.6 Å². The predicted molar refractivity (Wildman–Crippen MR) is 70.1 cm³/mol. The minimum atomic E-state index is -0.645. The average Bonchev–Trinajstić information content (AvgIpc) is 2.32. The molecular formula is C13H9Cl2F2N. The van der Waals surface area contributed by atoms with Crippen molar-refractivity contribution in [1.82, 2.24) is 0 Å². The van der Waals surface area contributed by atoms with E-state index in [-0.39, 0.29) is 5.69 Å². The van der Waals surface area contributed by atoms with Crippen molar-refractivity contribution in [2.45, 2.75) is 6.54 Å². The molecule has 18 heavy (non-hydrogen) atoms. The Hall–Kier alpha value is -1.32. The zero-order valence-electron chi connectivity index (χ0n) is 9.18. The molecule has 94 valence electrons. The summed E-state index contributed by atoms with van der Waals surface area (Å²) in [6.07, 6.45) is 0. The number of nitrogens with one attached hydrogen (secondary N) is 1. The molecule has 0 amide bonds. The maximum atomic E-state index is 13.4. The van der Waals surface area contributed by atoms with Gasteiger partial charge in [0, 0.05) is 22.7 Å². The van der Waals surface area contributed by atoms with Gasteiger partial charge in [-0.15, -0.1) is 0 Å². The lowest BCUT2D eigenvalue weighted by atomic mass is 10.2. The minimum absolute atomic E-state index is 0.215. The van der Waals surface area contributed by atoms with E-state index in [1.165, 1.54) is 12.1 Å². The van der Waals surface area contributed by atoms with Gasteiger partial charge in [-0.1, -0.05) is 23.2 Å². The molecule has 0 fully saturated rings. The first-order valence-corrected chi connectivity index (χ1v) is 5.95. The summed E-state index contributed by atoms with van der Waals surface area (Å²) in [6, 6.07) is 8.38. The smallest absolute Gasteiger partial charge is 0.149 e. The standard InChI is InChI=1S/C13H9Cl2F2N/c14-9-1-3-11(15)8(5-9)7-18-13-4-2-10(16)6-12(13)17/h1-6,18H,7H2. The van der Waals surface area contributed by atoms with Gasteiger partial charge >= 0.3 is 0 Å². The van der Waals surface area contributed by atoms with Crippen molar-refractivity contribution in [3.63, 3.8) is 0 Å². The predicted octanol–water partition coefficient (Wildman–Crippen LogP) is 4.88. The molecule has 0 saturated heterocycles. The molecule has 0 aliphatic rings. The lowest BCUT2D eigenvalue weighted by Crippen LogP contribution is -2.02. The highest BCUT2D eigenvalue weighted by Crippen LogP contribution is 2.22. The molecule has 0 aliphatic heterocycles. The third-order valence-electron chi connectivity index (χ3n) is 2.41. The SMILES string of the molecule is Fc1ccc(NCc2cc(Cl)ccc2Cl)c(F)c1. The van der Waals surface area contributed by atoms with Crippen LogP contribution in [0, 0.1) is 11.6 Å². The molecule has 0 heterocycles. The topological polar surface area (TPSA) is 12.0 Å². The van der Waals surface area contributed by atoms with E-state index in [9.17, 15) is 8.78 Å². The molecule has 2 aromatic rings. The third-order valence-corrected chi connectivity index (χ3v) is 3.01. The van der Waals surface area contributed by atoms with Gasteiger partial charge in [0.15, 0.2) is 0 Å². The second-order valence-corrected chi connectivity index (χ2v) is 4.56. The van der Waals surface area contributed by atoms with Crippen LogP contribution in [-0.2, 0) is 6.54 Å². The lowest BCUT2D eigenvalue weighted by Gasteiger charge is -2.09. The van der Waals surface area contributed by atoms with Gasteiger partial charge < -0.3 is 5.32 Å². The van der Waals surface area contributed by atoms with Gasteiger partial charge in [0.2, 0.25) is 0 Å². The van der Waals surface area contributed by atoms with Crippen molar-refractivity contribution in [3.05, 3.63) is 63.6 Å². The van der Waals surface area contributed by atoms with E-state index in [0.717, 1.165) is 11.6 Å². The van der Waals surface area contributed by atoms with Crippen LogP contribution in [0.3, 0.4) is 0 Å². The number of hydrogen-bond acceptors (Lipinski definition) is 1. The molecule has 2 aromatic carbocycles. The second kappa shape index (κ2) is 5.55. The number of rotatable bonds is 3. The fourth-order valence-electron chi connectivity index (χ4n) is 1.50. The van der Waals surface area contributed by atoms with Gasteiger partial charge in [0.05, 0.1) is 5.69 Å². The first-order chi connectivity index (χ1) is 8.56. The molecule has 5 heteroatoms. The molecular weight excluding hydrogens is 279 g/mol. The molecule has 0 unspecified atom stereocenters. The van der Waals surface area contributed by atoms with Crippen LogP contribution < -0.4 is 5.32 Å². The van der Waals surface area contributed by atoms with Gasteiger partial charge in [0.25, 0.3) is 0 Å². The van der Waals surface area contributed by atoms with E-state index >= 15 is 0 Å². The molecule has 2 rings (SSSR count). The van der Waals surface area contributed by atoms with Gasteiger partial charge in [-0.3, -0.25) is 0 Å². The van der Waals surface area contributed by atoms with Crippen molar-refractivity contribution in [2.24, 2.45) is 0 Å². The lowest BCUT2D eigenvalue weighted by molar-refractivity contribution is 0.585. The molecule has 0 aliphatic carbocycles.